The quantitative estimate of drug-likeness (QED) is 0.512. The Bertz CT molecular complexity index is 910. The number of amides is 1. The minimum absolute atomic E-state index is 0.0663. The minimum atomic E-state index is -0.452. The lowest BCUT2D eigenvalue weighted by atomic mass is 10.1. The summed E-state index contributed by atoms with van der Waals surface area (Å²) in [7, 11) is 0. The average molecular weight is 430 g/mol. The molecule has 0 spiro atoms. The molecule has 0 aromatic heterocycles. The van der Waals surface area contributed by atoms with Crippen molar-refractivity contribution in [2.75, 3.05) is 34.8 Å². The monoisotopic (exact) mass is 429 g/mol. The van der Waals surface area contributed by atoms with Gasteiger partial charge in [0.25, 0.3) is 11.6 Å². The Hall–Kier alpha value is -2.19. The highest BCUT2D eigenvalue weighted by atomic mass is 32.2. The molecule has 8 heteroatoms. The summed E-state index contributed by atoms with van der Waals surface area (Å²) in [6, 6.07) is 12.5. The van der Waals surface area contributed by atoms with E-state index in [4.69, 9.17) is 0 Å². The average Bonchev–Trinajstić information content (AvgIpc) is 3.29. The van der Waals surface area contributed by atoms with Crippen LogP contribution in [0.3, 0.4) is 0 Å². The third-order valence-electron chi connectivity index (χ3n) is 5.17. The number of hydrogen-bond acceptors (Lipinski definition) is 6. The van der Waals surface area contributed by atoms with Crippen molar-refractivity contribution in [3.05, 3.63) is 63.7 Å². The molecule has 1 amide bonds. The van der Waals surface area contributed by atoms with Gasteiger partial charge in [0.15, 0.2) is 0 Å². The number of carbonyl (C=O) groups is 1. The molecule has 2 aromatic rings. The van der Waals surface area contributed by atoms with Crippen LogP contribution in [0, 0.1) is 10.1 Å². The van der Waals surface area contributed by atoms with E-state index in [1.54, 1.807) is 6.07 Å². The van der Waals surface area contributed by atoms with Gasteiger partial charge < -0.3 is 10.2 Å². The van der Waals surface area contributed by atoms with Gasteiger partial charge in [-0.1, -0.05) is 12.1 Å². The molecule has 0 aliphatic carbocycles. The third kappa shape index (κ3) is 4.70. The molecule has 2 fully saturated rings. The number of nitrogens with one attached hydrogen (secondary N) is 1. The number of nitro benzene ring substituents is 1. The van der Waals surface area contributed by atoms with Crippen molar-refractivity contribution >= 4 is 46.5 Å². The standard InChI is InChI=1S/C21H23N3O3S2/c25-20(22-16-6-4-5-15(13-16)21-28-11-12-29-21)18-14-17(24(26)27)7-8-19(18)23-9-2-1-3-10-23/h4-8,13-14,21H,1-3,9-12H2,(H,22,25). The normalized spacial score (nSPS) is 17.3. The van der Waals surface area contributed by atoms with Crippen molar-refractivity contribution in [1.82, 2.24) is 0 Å². The maximum Gasteiger partial charge on any atom is 0.270 e. The fourth-order valence-corrected chi connectivity index (χ4v) is 6.58. The summed E-state index contributed by atoms with van der Waals surface area (Å²) < 4.78 is 0.397. The maximum absolute atomic E-state index is 13.1. The Kier molecular flexibility index (Phi) is 6.30. The van der Waals surface area contributed by atoms with Gasteiger partial charge in [-0.2, -0.15) is 0 Å². The predicted octanol–water partition coefficient (Wildman–Crippen LogP) is 5.32. The largest absolute Gasteiger partial charge is 0.371 e. The number of anilines is 2. The predicted molar refractivity (Wildman–Crippen MR) is 121 cm³/mol. The van der Waals surface area contributed by atoms with Crippen LogP contribution < -0.4 is 10.2 Å². The smallest absolute Gasteiger partial charge is 0.270 e. The first kappa shape index (κ1) is 20.1. The first-order valence-corrected chi connectivity index (χ1v) is 11.9. The number of non-ortho nitro benzene ring substituents is 1. The van der Waals surface area contributed by atoms with Gasteiger partial charge in [0.05, 0.1) is 20.8 Å². The van der Waals surface area contributed by atoms with E-state index < -0.39 is 4.92 Å². The molecule has 6 nitrogen and oxygen atoms in total. The molecular weight excluding hydrogens is 406 g/mol. The van der Waals surface area contributed by atoms with Gasteiger partial charge >= 0.3 is 0 Å². The summed E-state index contributed by atoms with van der Waals surface area (Å²) in [4.78, 5) is 26.1. The van der Waals surface area contributed by atoms with Crippen LogP contribution in [-0.2, 0) is 0 Å². The van der Waals surface area contributed by atoms with E-state index in [1.165, 1.54) is 24.1 Å². The van der Waals surface area contributed by atoms with Crippen molar-refractivity contribution in [3.8, 4) is 0 Å². The van der Waals surface area contributed by atoms with E-state index in [-0.39, 0.29) is 11.6 Å². The second-order valence-electron chi connectivity index (χ2n) is 7.16. The molecule has 2 aliphatic rings. The summed E-state index contributed by atoms with van der Waals surface area (Å²) in [6.45, 7) is 1.73. The molecule has 152 valence electrons. The SMILES string of the molecule is O=C(Nc1cccc(C2SCCS2)c1)c1cc([N+](=O)[O-])ccc1N1CCCCC1. The number of nitro groups is 1. The fourth-order valence-electron chi connectivity index (χ4n) is 3.74. The van der Waals surface area contributed by atoms with E-state index in [1.807, 2.05) is 41.7 Å². The number of carbonyl (C=O) groups excluding carboxylic acids is 1. The van der Waals surface area contributed by atoms with Crippen LogP contribution in [0.1, 0.15) is 39.8 Å². The molecule has 2 saturated heterocycles. The van der Waals surface area contributed by atoms with Crippen LogP contribution in [0.2, 0.25) is 0 Å². The number of thioether (sulfide) groups is 2. The third-order valence-corrected chi connectivity index (χ3v) is 8.28. The molecule has 2 aliphatic heterocycles. The molecule has 0 atom stereocenters. The Morgan fingerprint density at radius 2 is 1.83 bits per heavy atom. The van der Waals surface area contributed by atoms with Crippen LogP contribution in [-0.4, -0.2) is 35.4 Å². The van der Waals surface area contributed by atoms with Crippen molar-refractivity contribution in [2.24, 2.45) is 0 Å². The van der Waals surface area contributed by atoms with Crippen LogP contribution in [0.25, 0.3) is 0 Å². The zero-order valence-corrected chi connectivity index (χ0v) is 17.6. The topological polar surface area (TPSA) is 75.5 Å². The number of nitrogens with zero attached hydrogens (tertiary/aromatic N) is 2. The Morgan fingerprint density at radius 3 is 2.55 bits per heavy atom. The molecular formula is C21H23N3O3S2. The second kappa shape index (κ2) is 9.09. The molecule has 0 radical (unpaired) electrons. The lowest BCUT2D eigenvalue weighted by Gasteiger charge is -2.30. The second-order valence-corrected chi connectivity index (χ2v) is 9.88. The van der Waals surface area contributed by atoms with E-state index >= 15 is 0 Å². The summed E-state index contributed by atoms with van der Waals surface area (Å²) in [6.07, 6.45) is 3.31. The first-order chi connectivity index (χ1) is 14.1. The molecule has 2 heterocycles. The maximum atomic E-state index is 13.1. The molecule has 2 aromatic carbocycles. The van der Waals surface area contributed by atoms with Gasteiger partial charge in [-0.05, 0) is 43.0 Å². The number of piperidine rings is 1. The van der Waals surface area contributed by atoms with E-state index in [9.17, 15) is 14.9 Å². The molecule has 1 N–H and O–H groups in total. The molecule has 0 unspecified atom stereocenters. The van der Waals surface area contributed by atoms with Crippen molar-refractivity contribution in [3.63, 3.8) is 0 Å². The molecule has 0 bridgehead atoms. The zero-order chi connectivity index (χ0) is 20.2. The lowest BCUT2D eigenvalue weighted by Crippen LogP contribution is -2.31. The Morgan fingerprint density at radius 1 is 1.07 bits per heavy atom. The Balaban J connectivity index is 1.60. The van der Waals surface area contributed by atoms with E-state index in [0.717, 1.165) is 48.8 Å². The fraction of sp³-hybridized carbons (Fsp3) is 0.381. The van der Waals surface area contributed by atoms with Gasteiger partial charge in [-0.15, -0.1) is 23.5 Å². The summed E-state index contributed by atoms with van der Waals surface area (Å²) in [5, 5.41) is 14.2. The lowest BCUT2D eigenvalue weighted by molar-refractivity contribution is -0.384. The van der Waals surface area contributed by atoms with Crippen LogP contribution in [0.4, 0.5) is 17.1 Å². The van der Waals surface area contributed by atoms with Crippen LogP contribution in [0.15, 0.2) is 42.5 Å². The first-order valence-electron chi connectivity index (χ1n) is 9.80. The highest BCUT2D eigenvalue weighted by molar-refractivity contribution is 8.19. The van der Waals surface area contributed by atoms with E-state index in [0.29, 0.717) is 10.1 Å². The molecule has 29 heavy (non-hydrogen) atoms. The van der Waals surface area contributed by atoms with Crippen molar-refractivity contribution in [2.45, 2.75) is 23.8 Å². The highest BCUT2D eigenvalue weighted by Gasteiger charge is 2.23. The molecule has 4 rings (SSSR count). The number of rotatable bonds is 5. The minimum Gasteiger partial charge on any atom is -0.371 e. The van der Waals surface area contributed by atoms with Crippen molar-refractivity contribution < 1.29 is 9.72 Å². The van der Waals surface area contributed by atoms with Gasteiger partial charge in [-0.3, -0.25) is 14.9 Å². The van der Waals surface area contributed by atoms with Crippen LogP contribution >= 0.6 is 23.5 Å². The van der Waals surface area contributed by atoms with E-state index in [2.05, 4.69) is 16.3 Å². The highest BCUT2D eigenvalue weighted by Crippen LogP contribution is 2.45. The molecule has 0 saturated carbocycles. The summed E-state index contributed by atoms with van der Waals surface area (Å²) >= 11 is 3.83. The summed E-state index contributed by atoms with van der Waals surface area (Å²) in [5.74, 6) is 1.97. The van der Waals surface area contributed by atoms with Crippen LogP contribution in [0.5, 0.6) is 0 Å². The number of benzene rings is 2. The van der Waals surface area contributed by atoms with Gasteiger partial charge in [-0.25, -0.2) is 0 Å². The summed E-state index contributed by atoms with van der Waals surface area (Å²) in [5.41, 5.74) is 2.97. The number of hydrogen-bond donors (Lipinski definition) is 1. The zero-order valence-electron chi connectivity index (χ0n) is 16.0. The van der Waals surface area contributed by atoms with Crippen molar-refractivity contribution in [1.29, 1.82) is 0 Å². The van der Waals surface area contributed by atoms with Gasteiger partial charge in [0.2, 0.25) is 0 Å². The van der Waals surface area contributed by atoms with Gasteiger partial charge in [0.1, 0.15) is 0 Å². The Labute approximate surface area is 178 Å². The van der Waals surface area contributed by atoms with Gasteiger partial charge in [0, 0.05) is 42.4 Å².